The predicted molar refractivity (Wildman–Crippen MR) is 81.2 cm³/mol. The van der Waals surface area contributed by atoms with Gasteiger partial charge in [-0.2, -0.15) is 0 Å². The summed E-state index contributed by atoms with van der Waals surface area (Å²) < 4.78 is 18.2. The van der Waals surface area contributed by atoms with Crippen molar-refractivity contribution in [2.75, 3.05) is 13.3 Å². The normalized spacial score (nSPS) is 10.5. The van der Waals surface area contributed by atoms with Crippen LogP contribution < -0.4 is 4.74 Å². The van der Waals surface area contributed by atoms with Crippen molar-refractivity contribution in [3.05, 3.63) is 40.7 Å². The number of nitrogens with one attached hydrogen (secondary N) is 1. The minimum absolute atomic E-state index is 0.196. The van der Waals surface area contributed by atoms with Crippen LogP contribution in [0.15, 0.2) is 24.4 Å². The molecular formula is C15H15ClFN3O. The van der Waals surface area contributed by atoms with Crippen molar-refractivity contribution < 1.29 is 9.13 Å². The second-order valence-corrected chi connectivity index (χ2v) is 4.77. The Balaban J connectivity index is 2.60. The topological polar surface area (TPSA) is 58.9 Å². The lowest BCUT2D eigenvalue weighted by atomic mass is 10.1. The minimum Gasteiger partial charge on any atom is -0.477 e. The summed E-state index contributed by atoms with van der Waals surface area (Å²) in [6.45, 7) is 3.15. The highest BCUT2D eigenvalue weighted by molar-refractivity contribution is 6.32. The molecule has 0 aliphatic rings. The summed E-state index contributed by atoms with van der Waals surface area (Å²) in [5, 5.41) is 8.10. The van der Waals surface area contributed by atoms with E-state index >= 15 is 0 Å². The van der Waals surface area contributed by atoms with Crippen LogP contribution in [0.2, 0.25) is 5.02 Å². The maximum Gasteiger partial charge on any atom is 0.222 e. The van der Waals surface area contributed by atoms with Crippen molar-refractivity contribution >= 4 is 17.3 Å². The Hall–Kier alpha value is -2.01. The van der Waals surface area contributed by atoms with Crippen LogP contribution in [0.5, 0.6) is 5.88 Å². The second kappa shape index (κ2) is 6.63. The largest absolute Gasteiger partial charge is 0.477 e. The molecule has 0 bridgehead atoms. The van der Waals surface area contributed by atoms with E-state index in [9.17, 15) is 4.39 Å². The molecule has 0 radical (unpaired) electrons. The Morgan fingerprint density at radius 3 is 2.90 bits per heavy atom. The lowest BCUT2D eigenvalue weighted by Crippen LogP contribution is -2.08. The maximum atomic E-state index is 12.8. The summed E-state index contributed by atoms with van der Waals surface area (Å²) in [5.41, 5.74) is 1.82. The zero-order chi connectivity index (χ0) is 15.4. The Kier molecular flexibility index (Phi) is 4.85. The van der Waals surface area contributed by atoms with Crippen molar-refractivity contribution in [1.29, 1.82) is 5.41 Å². The third-order valence-electron chi connectivity index (χ3n) is 2.96. The van der Waals surface area contributed by atoms with E-state index in [4.69, 9.17) is 21.7 Å². The molecule has 0 spiro atoms. The summed E-state index contributed by atoms with van der Waals surface area (Å²) in [6.07, 6.45) is 1.62. The van der Waals surface area contributed by atoms with Gasteiger partial charge in [-0.3, -0.25) is 0 Å². The molecule has 2 rings (SSSR count). The van der Waals surface area contributed by atoms with Crippen LogP contribution in [-0.4, -0.2) is 29.0 Å². The molecule has 0 aliphatic carbocycles. The molecule has 21 heavy (non-hydrogen) atoms. The molecule has 1 N–H and O–H groups in total. The molecule has 2 aromatic heterocycles. The molecule has 0 saturated heterocycles. The van der Waals surface area contributed by atoms with Crippen molar-refractivity contribution in [3.63, 3.8) is 0 Å². The molecule has 2 heterocycles. The third kappa shape index (κ3) is 3.19. The van der Waals surface area contributed by atoms with E-state index in [2.05, 4.69) is 9.97 Å². The summed E-state index contributed by atoms with van der Waals surface area (Å²) in [4.78, 5) is 8.51. The first-order valence-electron chi connectivity index (χ1n) is 6.47. The van der Waals surface area contributed by atoms with Crippen molar-refractivity contribution in [1.82, 2.24) is 9.97 Å². The average molecular weight is 308 g/mol. The quantitative estimate of drug-likeness (QED) is 0.854. The van der Waals surface area contributed by atoms with E-state index in [1.807, 2.05) is 6.92 Å². The van der Waals surface area contributed by atoms with Crippen LogP contribution in [0.25, 0.3) is 11.3 Å². The molecule has 0 unspecified atom stereocenters. The van der Waals surface area contributed by atoms with E-state index in [1.165, 1.54) is 0 Å². The Morgan fingerprint density at radius 1 is 1.48 bits per heavy atom. The number of alkyl halides is 1. The van der Waals surface area contributed by atoms with Gasteiger partial charge >= 0.3 is 0 Å². The van der Waals surface area contributed by atoms with Crippen LogP contribution >= 0.6 is 11.6 Å². The lowest BCUT2D eigenvalue weighted by molar-refractivity contribution is 0.328. The van der Waals surface area contributed by atoms with Gasteiger partial charge in [0.25, 0.3) is 0 Å². The molecule has 0 saturated carbocycles. The van der Waals surface area contributed by atoms with Gasteiger partial charge in [0.1, 0.15) is 6.67 Å². The molecule has 110 valence electrons. The highest BCUT2D eigenvalue weighted by atomic mass is 35.5. The highest BCUT2D eigenvalue weighted by Gasteiger charge is 2.15. The van der Waals surface area contributed by atoms with E-state index in [0.717, 1.165) is 0 Å². The van der Waals surface area contributed by atoms with E-state index in [1.54, 1.807) is 31.3 Å². The standard InChI is InChI=1S/C15H15ClFN3O/c1-3-21-15-10(5-4-6-19-15)13-7-11(16)9(2)14(20-13)12(18)8-17/h4-7,18H,3,8H2,1-2H3. The van der Waals surface area contributed by atoms with Crippen molar-refractivity contribution in [2.45, 2.75) is 13.8 Å². The molecule has 0 atom stereocenters. The van der Waals surface area contributed by atoms with Crippen LogP contribution in [0.3, 0.4) is 0 Å². The van der Waals surface area contributed by atoms with Crippen LogP contribution in [-0.2, 0) is 0 Å². The number of pyridine rings is 2. The molecule has 0 fully saturated rings. The van der Waals surface area contributed by atoms with Crippen molar-refractivity contribution in [2.24, 2.45) is 0 Å². The first-order chi connectivity index (χ1) is 10.1. The molecule has 4 nitrogen and oxygen atoms in total. The van der Waals surface area contributed by atoms with E-state index in [-0.39, 0.29) is 11.4 Å². The van der Waals surface area contributed by atoms with Gasteiger partial charge in [-0.05, 0) is 37.6 Å². The Morgan fingerprint density at radius 2 is 2.24 bits per heavy atom. The number of hydrogen-bond acceptors (Lipinski definition) is 4. The number of rotatable bonds is 5. The number of nitrogens with zero attached hydrogens (tertiary/aromatic N) is 2. The predicted octanol–water partition coefficient (Wildman–Crippen LogP) is 3.84. The Bertz CT molecular complexity index is 676. The monoisotopic (exact) mass is 307 g/mol. The van der Waals surface area contributed by atoms with Gasteiger partial charge in [-0.25, -0.2) is 14.4 Å². The van der Waals surface area contributed by atoms with Crippen molar-refractivity contribution in [3.8, 4) is 17.1 Å². The summed E-state index contributed by atoms with van der Waals surface area (Å²) >= 11 is 6.18. The number of halogens is 2. The van der Waals surface area contributed by atoms with Gasteiger partial charge in [0.05, 0.1) is 29.3 Å². The minimum atomic E-state index is -0.890. The van der Waals surface area contributed by atoms with Gasteiger partial charge in [0, 0.05) is 11.2 Å². The lowest BCUT2D eigenvalue weighted by Gasteiger charge is -2.12. The van der Waals surface area contributed by atoms with E-state index in [0.29, 0.717) is 34.3 Å². The number of ether oxygens (including phenoxy) is 1. The first kappa shape index (κ1) is 15.4. The smallest absolute Gasteiger partial charge is 0.222 e. The van der Waals surface area contributed by atoms with Gasteiger partial charge < -0.3 is 10.1 Å². The van der Waals surface area contributed by atoms with Gasteiger partial charge in [0.2, 0.25) is 5.88 Å². The molecule has 6 heteroatoms. The summed E-state index contributed by atoms with van der Waals surface area (Å²) in [6, 6.07) is 5.23. The van der Waals surface area contributed by atoms with Gasteiger partial charge in [-0.15, -0.1) is 0 Å². The maximum absolute atomic E-state index is 12.8. The fraction of sp³-hybridized carbons (Fsp3) is 0.267. The molecule has 2 aromatic rings. The van der Waals surface area contributed by atoms with Crippen LogP contribution in [0.1, 0.15) is 18.2 Å². The second-order valence-electron chi connectivity index (χ2n) is 4.36. The number of aromatic nitrogens is 2. The van der Waals surface area contributed by atoms with Gasteiger partial charge in [-0.1, -0.05) is 11.6 Å². The molecular weight excluding hydrogens is 293 g/mol. The molecule has 0 aliphatic heterocycles. The zero-order valence-corrected chi connectivity index (χ0v) is 12.5. The highest BCUT2D eigenvalue weighted by Crippen LogP contribution is 2.30. The fourth-order valence-electron chi connectivity index (χ4n) is 1.91. The number of hydrogen-bond donors (Lipinski definition) is 1. The average Bonchev–Trinajstić information content (AvgIpc) is 2.50. The first-order valence-corrected chi connectivity index (χ1v) is 6.85. The zero-order valence-electron chi connectivity index (χ0n) is 11.8. The van der Waals surface area contributed by atoms with Crippen LogP contribution in [0.4, 0.5) is 4.39 Å². The summed E-state index contributed by atoms with van der Waals surface area (Å²) in [5.74, 6) is 0.435. The van der Waals surface area contributed by atoms with E-state index < -0.39 is 6.67 Å². The molecule has 0 aromatic carbocycles. The SMILES string of the molecule is CCOc1ncccc1-c1cc(Cl)c(C)c(C(=N)CF)n1. The summed E-state index contributed by atoms with van der Waals surface area (Å²) in [7, 11) is 0. The Labute approximate surface area is 127 Å². The fourth-order valence-corrected chi connectivity index (χ4v) is 2.10. The molecule has 0 amide bonds. The third-order valence-corrected chi connectivity index (χ3v) is 3.35. The van der Waals surface area contributed by atoms with Crippen LogP contribution in [0, 0.1) is 12.3 Å². The van der Waals surface area contributed by atoms with Gasteiger partial charge in [0.15, 0.2) is 0 Å².